The number of ether oxygens (including phenoxy) is 2. The summed E-state index contributed by atoms with van der Waals surface area (Å²) in [5.41, 5.74) is 2.13. The van der Waals surface area contributed by atoms with Crippen LogP contribution in [-0.2, 0) is 19.1 Å². The van der Waals surface area contributed by atoms with Crippen LogP contribution >= 0.6 is 0 Å². The molecule has 1 aliphatic carbocycles. The molecule has 1 aromatic heterocycles. The lowest BCUT2D eigenvalue weighted by Gasteiger charge is -2.30. The number of esters is 2. The van der Waals surface area contributed by atoms with Gasteiger partial charge in [0.2, 0.25) is 0 Å². The summed E-state index contributed by atoms with van der Waals surface area (Å²) in [7, 11) is 1.37. The van der Waals surface area contributed by atoms with Gasteiger partial charge >= 0.3 is 11.9 Å². The van der Waals surface area contributed by atoms with Gasteiger partial charge in [0.15, 0.2) is 6.61 Å². The zero-order valence-corrected chi connectivity index (χ0v) is 16.4. The van der Waals surface area contributed by atoms with Crippen LogP contribution < -0.4 is 0 Å². The predicted molar refractivity (Wildman–Crippen MR) is 105 cm³/mol. The summed E-state index contributed by atoms with van der Waals surface area (Å²) in [6.45, 7) is 0.609. The van der Waals surface area contributed by atoms with Crippen molar-refractivity contribution in [3.05, 3.63) is 41.6 Å². The zero-order chi connectivity index (χ0) is 20.4. The second kappa shape index (κ2) is 8.19. The van der Waals surface area contributed by atoms with E-state index in [9.17, 15) is 14.4 Å². The fourth-order valence-corrected chi connectivity index (χ4v) is 3.78. The molecule has 7 heteroatoms. The van der Waals surface area contributed by atoms with Crippen LogP contribution in [0.15, 0.2) is 30.3 Å². The molecule has 0 spiro atoms. The molecular weight excluding hydrogens is 372 g/mol. The van der Waals surface area contributed by atoms with Crippen molar-refractivity contribution in [2.75, 3.05) is 26.8 Å². The first-order chi connectivity index (χ1) is 14.1. The first kappa shape index (κ1) is 19.4. The van der Waals surface area contributed by atoms with Crippen LogP contribution in [0.5, 0.6) is 0 Å². The van der Waals surface area contributed by atoms with E-state index in [1.807, 2.05) is 24.3 Å². The van der Waals surface area contributed by atoms with E-state index in [0.717, 1.165) is 29.4 Å². The zero-order valence-electron chi connectivity index (χ0n) is 16.4. The minimum Gasteiger partial charge on any atom is -0.469 e. The van der Waals surface area contributed by atoms with Crippen molar-refractivity contribution in [3.8, 4) is 0 Å². The number of rotatable bonds is 5. The summed E-state index contributed by atoms with van der Waals surface area (Å²) >= 11 is 0. The minimum absolute atomic E-state index is 0.171. The number of pyridine rings is 1. The summed E-state index contributed by atoms with van der Waals surface area (Å²) in [4.78, 5) is 43.1. The van der Waals surface area contributed by atoms with Gasteiger partial charge in [0.25, 0.3) is 5.91 Å². The van der Waals surface area contributed by atoms with Gasteiger partial charge in [-0.05, 0) is 37.8 Å². The number of hydrogen-bond donors (Lipinski definition) is 0. The molecule has 2 fully saturated rings. The number of methoxy groups -OCH3 is 1. The fourth-order valence-electron chi connectivity index (χ4n) is 3.78. The molecule has 0 N–H and O–H groups in total. The number of carbonyl (C=O) groups excluding carboxylic acids is 3. The Kier molecular flexibility index (Phi) is 5.47. The highest BCUT2D eigenvalue weighted by Gasteiger charge is 2.29. The van der Waals surface area contributed by atoms with E-state index >= 15 is 0 Å². The van der Waals surface area contributed by atoms with E-state index in [1.54, 1.807) is 11.0 Å². The number of benzene rings is 1. The molecule has 1 aliphatic heterocycles. The number of para-hydroxylation sites is 1. The number of hydrogen-bond acceptors (Lipinski definition) is 6. The largest absolute Gasteiger partial charge is 0.469 e. The normalized spacial score (nSPS) is 17.2. The van der Waals surface area contributed by atoms with Gasteiger partial charge in [0.05, 0.1) is 24.1 Å². The minimum atomic E-state index is -0.511. The average molecular weight is 396 g/mol. The molecular formula is C22H24N2O5. The quantitative estimate of drug-likeness (QED) is 0.723. The summed E-state index contributed by atoms with van der Waals surface area (Å²) in [6, 6.07) is 9.27. The van der Waals surface area contributed by atoms with Crippen LogP contribution in [0.1, 0.15) is 47.7 Å². The maximum Gasteiger partial charge on any atom is 0.339 e. The third kappa shape index (κ3) is 4.23. The summed E-state index contributed by atoms with van der Waals surface area (Å²) < 4.78 is 10.1. The topological polar surface area (TPSA) is 85.8 Å². The Labute approximate surface area is 169 Å². The number of aromatic nitrogens is 1. The van der Waals surface area contributed by atoms with Gasteiger partial charge in [-0.15, -0.1) is 0 Å². The summed E-state index contributed by atoms with van der Waals surface area (Å²) in [5.74, 6) is -0.759. The maximum atomic E-state index is 12.7. The Morgan fingerprint density at radius 2 is 1.83 bits per heavy atom. The molecule has 1 amide bonds. The highest BCUT2D eigenvalue weighted by atomic mass is 16.5. The number of piperidine rings is 1. The van der Waals surface area contributed by atoms with Crippen LogP contribution in [0.2, 0.25) is 0 Å². The molecule has 0 bridgehead atoms. The first-order valence-electron chi connectivity index (χ1n) is 9.99. The molecule has 0 radical (unpaired) electrons. The monoisotopic (exact) mass is 396 g/mol. The SMILES string of the molecule is COC(=O)C1CCN(C(=O)COC(=O)c2cc(C3CC3)nc3ccccc23)CC1. The number of amides is 1. The maximum absolute atomic E-state index is 12.7. The van der Waals surface area contributed by atoms with Gasteiger partial charge in [0.1, 0.15) is 0 Å². The van der Waals surface area contributed by atoms with Gasteiger partial charge in [-0.2, -0.15) is 0 Å². The standard InChI is InChI=1S/C22H24N2O5/c1-28-21(26)15-8-10-24(11-9-15)20(25)13-29-22(27)17-12-19(14-6-7-14)23-18-5-3-2-4-16(17)18/h2-5,12,14-15H,6-11,13H2,1H3. The Balaban J connectivity index is 1.40. The lowest BCUT2D eigenvalue weighted by Crippen LogP contribution is -2.42. The van der Waals surface area contributed by atoms with Crippen LogP contribution in [0.4, 0.5) is 0 Å². The van der Waals surface area contributed by atoms with E-state index in [-0.39, 0.29) is 24.4 Å². The predicted octanol–water partition coefficient (Wildman–Crippen LogP) is 2.68. The molecule has 2 aliphatic rings. The van der Waals surface area contributed by atoms with Crippen LogP contribution in [-0.4, -0.2) is 54.5 Å². The van der Waals surface area contributed by atoms with Crippen LogP contribution in [0.3, 0.4) is 0 Å². The second-order valence-electron chi connectivity index (χ2n) is 7.64. The molecule has 4 rings (SSSR count). The van der Waals surface area contributed by atoms with Crippen molar-refractivity contribution in [2.45, 2.75) is 31.6 Å². The Bertz CT molecular complexity index is 945. The third-order valence-corrected chi connectivity index (χ3v) is 5.66. The van der Waals surface area contributed by atoms with E-state index in [1.165, 1.54) is 7.11 Å². The highest BCUT2D eigenvalue weighted by molar-refractivity contribution is 6.04. The smallest absolute Gasteiger partial charge is 0.339 e. The number of likely N-dealkylation sites (tertiary alicyclic amines) is 1. The van der Waals surface area contributed by atoms with Gasteiger partial charge in [0, 0.05) is 30.1 Å². The molecule has 0 atom stereocenters. The summed E-state index contributed by atoms with van der Waals surface area (Å²) in [5, 5.41) is 0.730. The van der Waals surface area contributed by atoms with E-state index in [4.69, 9.17) is 9.47 Å². The number of nitrogens with zero attached hydrogens (tertiary/aromatic N) is 2. The van der Waals surface area contributed by atoms with Crippen molar-refractivity contribution in [1.82, 2.24) is 9.88 Å². The second-order valence-corrected chi connectivity index (χ2v) is 7.64. The average Bonchev–Trinajstić information content (AvgIpc) is 3.61. The van der Waals surface area contributed by atoms with Gasteiger partial charge in [-0.1, -0.05) is 18.2 Å². The van der Waals surface area contributed by atoms with Gasteiger partial charge < -0.3 is 14.4 Å². The van der Waals surface area contributed by atoms with Crippen molar-refractivity contribution in [1.29, 1.82) is 0 Å². The van der Waals surface area contributed by atoms with Crippen LogP contribution in [0.25, 0.3) is 10.9 Å². The highest BCUT2D eigenvalue weighted by Crippen LogP contribution is 2.40. The van der Waals surface area contributed by atoms with Crippen molar-refractivity contribution in [3.63, 3.8) is 0 Å². The lowest BCUT2D eigenvalue weighted by molar-refractivity contribution is -0.149. The van der Waals surface area contributed by atoms with Crippen molar-refractivity contribution < 1.29 is 23.9 Å². The Hall–Kier alpha value is -2.96. The Morgan fingerprint density at radius 1 is 1.10 bits per heavy atom. The molecule has 29 heavy (non-hydrogen) atoms. The third-order valence-electron chi connectivity index (χ3n) is 5.66. The number of fused-ring (bicyclic) bond motifs is 1. The molecule has 1 aromatic carbocycles. The van der Waals surface area contributed by atoms with E-state index in [2.05, 4.69) is 4.98 Å². The van der Waals surface area contributed by atoms with Gasteiger partial charge in [-0.3, -0.25) is 14.6 Å². The summed E-state index contributed by atoms with van der Waals surface area (Å²) in [6.07, 6.45) is 3.29. The molecule has 0 unspecified atom stereocenters. The molecule has 152 valence electrons. The number of carbonyl (C=O) groups is 3. The molecule has 2 aromatic rings. The fraction of sp³-hybridized carbons (Fsp3) is 0.455. The van der Waals surface area contributed by atoms with E-state index in [0.29, 0.717) is 37.4 Å². The molecule has 7 nitrogen and oxygen atoms in total. The van der Waals surface area contributed by atoms with Gasteiger partial charge in [-0.25, -0.2) is 4.79 Å². The van der Waals surface area contributed by atoms with E-state index < -0.39 is 5.97 Å². The van der Waals surface area contributed by atoms with Crippen molar-refractivity contribution in [2.24, 2.45) is 5.92 Å². The molecule has 1 saturated heterocycles. The lowest BCUT2D eigenvalue weighted by atomic mass is 9.97. The molecule has 2 heterocycles. The van der Waals surface area contributed by atoms with Crippen molar-refractivity contribution >= 4 is 28.7 Å². The Morgan fingerprint density at radius 3 is 2.52 bits per heavy atom. The van der Waals surface area contributed by atoms with Crippen LogP contribution in [0, 0.1) is 5.92 Å². The molecule has 1 saturated carbocycles. The first-order valence-corrected chi connectivity index (χ1v) is 9.99.